The first-order chi connectivity index (χ1) is 17.7. The third-order valence-corrected chi connectivity index (χ3v) is 7.03. The zero-order chi connectivity index (χ0) is 26.0. The molecule has 0 aliphatic carbocycles. The quantitative estimate of drug-likeness (QED) is 0.0704. The highest BCUT2D eigenvalue weighted by Crippen LogP contribution is 2.35. The molecule has 2 nitrogen and oxygen atoms in total. The van der Waals surface area contributed by atoms with E-state index in [1.54, 1.807) is 0 Å². The summed E-state index contributed by atoms with van der Waals surface area (Å²) in [5.41, 5.74) is 18.4. The molecular formula is C34H48N2. The van der Waals surface area contributed by atoms with Gasteiger partial charge in [0.15, 0.2) is 0 Å². The summed E-state index contributed by atoms with van der Waals surface area (Å²) in [7, 11) is 0. The molecule has 0 N–H and O–H groups in total. The molecule has 0 heterocycles. The fourth-order valence-corrected chi connectivity index (χ4v) is 4.80. The molecule has 36 heavy (non-hydrogen) atoms. The maximum atomic E-state index is 9.48. The van der Waals surface area contributed by atoms with Crippen molar-refractivity contribution in [1.29, 1.82) is 0 Å². The lowest BCUT2D eigenvalue weighted by molar-refractivity contribution is 0.00739. The molecule has 0 aromatic heterocycles. The van der Waals surface area contributed by atoms with E-state index in [2.05, 4.69) is 86.9 Å². The Morgan fingerprint density at radius 3 is 1.61 bits per heavy atom. The maximum absolute atomic E-state index is 9.48. The van der Waals surface area contributed by atoms with Crippen LogP contribution in [-0.4, -0.2) is 10.7 Å². The fraction of sp³-hybridized carbons (Fsp3) is 0.529. The van der Waals surface area contributed by atoms with Gasteiger partial charge >= 0.3 is 5.87 Å². The first-order valence-corrected chi connectivity index (χ1v) is 14.6. The Morgan fingerprint density at radius 1 is 0.611 bits per heavy atom. The fourth-order valence-electron chi connectivity index (χ4n) is 4.80. The standard InChI is InChI=1S/C34H48N2/c1-5-9-13-14-16-29-21-25-31(26-22-29)34(30-23-19-28(20-24-30)15-10-6-2)33(18-12-8-4)32(27-36-35)17-11-7-3/h19-26H,5-18H2,1-4H3. The summed E-state index contributed by atoms with van der Waals surface area (Å²) in [5.74, 6) is 2.98. The average Bonchev–Trinajstić information content (AvgIpc) is 2.91. The molecular weight excluding hydrogens is 436 g/mol. The van der Waals surface area contributed by atoms with E-state index < -0.39 is 0 Å². The minimum Gasteiger partial charge on any atom is -0.348 e. The highest BCUT2D eigenvalue weighted by molar-refractivity contribution is 5.87. The monoisotopic (exact) mass is 484 g/mol. The molecule has 0 amide bonds. The van der Waals surface area contributed by atoms with Crippen LogP contribution in [0.5, 0.6) is 0 Å². The Morgan fingerprint density at radius 2 is 1.11 bits per heavy atom. The molecule has 2 aromatic carbocycles. The highest BCUT2D eigenvalue weighted by atomic mass is 14.8. The summed E-state index contributed by atoms with van der Waals surface area (Å²) in [5, 5.41) is 0. The summed E-state index contributed by atoms with van der Waals surface area (Å²) in [6, 6.07) is 18.4. The van der Waals surface area contributed by atoms with Crippen LogP contribution in [-0.2, 0) is 12.8 Å². The van der Waals surface area contributed by atoms with Crippen LogP contribution >= 0.6 is 0 Å². The number of rotatable bonds is 17. The van der Waals surface area contributed by atoms with Gasteiger partial charge in [-0.2, -0.15) is 0 Å². The van der Waals surface area contributed by atoms with Gasteiger partial charge in [0.2, 0.25) is 0 Å². The predicted octanol–water partition coefficient (Wildman–Crippen LogP) is 10.2. The molecule has 0 spiro atoms. The second-order valence-electron chi connectivity index (χ2n) is 10.1. The number of hydrogen-bond donors (Lipinski definition) is 0. The van der Waals surface area contributed by atoms with E-state index in [0.717, 1.165) is 56.9 Å². The molecule has 0 saturated heterocycles. The Labute approximate surface area is 221 Å². The van der Waals surface area contributed by atoms with Gasteiger partial charge in [-0.25, -0.2) is 0 Å². The molecule has 0 unspecified atom stereocenters. The molecule has 0 aliphatic heterocycles. The van der Waals surface area contributed by atoms with Gasteiger partial charge in [0.05, 0.1) is 5.57 Å². The Kier molecular flexibility index (Phi) is 14.6. The van der Waals surface area contributed by atoms with Crippen LogP contribution in [0.15, 0.2) is 59.7 Å². The zero-order valence-electron chi connectivity index (χ0n) is 23.4. The van der Waals surface area contributed by atoms with E-state index in [-0.39, 0.29) is 0 Å². The Hall–Kier alpha value is -2.66. The van der Waals surface area contributed by atoms with E-state index in [4.69, 9.17) is 0 Å². The van der Waals surface area contributed by atoms with Crippen LogP contribution in [0.1, 0.15) is 127 Å². The van der Waals surface area contributed by atoms with Crippen molar-refractivity contribution >= 4 is 11.4 Å². The summed E-state index contributed by atoms with van der Waals surface area (Å²) in [6.45, 7) is 8.95. The van der Waals surface area contributed by atoms with Crippen molar-refractivity contribution in [3.05, 3.63) is 87.5 Å². The normalized spacial score (nSPS) is 11.6. The lowest BCUT2D eigenvalue weighted by Crippen LogP contribution is -2.01. The lowest BCUT2D eigenvalue weighted by atomic mass is 9.85. The van der Waals surface area contributed by atoms with Gasteiger partial charge in [-0.05, 0) is 84.8 Å². The third kappa shape index (κ3) is 9.77. The number of benzene rings is 2. The molecule has 0 radical (unpaired) electrons. The Bertz CT molecular complexity index is 998. The number of allylic oxidation sites excluding steroid dienone is 2. The van der Waals surface area contributed by atoms with Crippen molar-refractivity contribution in [2.75, 3.05) is 0 Å². The van der Waals surface area contributed by atoms with E-state index in [9.17, 15) is 5.53 Å². The number of unbranched alkanes of at least 4 members (excludes halogenated alkanes) is 6. The molecule has 194 valence electrons. The number of hydrogen-bond acceptors (Lipinski definition) is 0. The minimum absolute atomic E-state index is 0.882. The van der Waals surface area contributed by atoms with Gasteiger partial charge in [-0.1, -0.05) is 115 Å². The molecule has 0 fully saturated rings. The summed E-state index contributed by atoms with van der Waals surface area (Å²) in [4.78, 5) is 3.38. The molecule has 0 bridgehead atoms. The number of nitrogens with zero attached hydrogens (tertiary/aromatic N) is 2. The second kappa shape index (κ2) is 17.7. The third-order valence-electron chi connectivity index (χ3n) is 7.03. The highest BCUT2D eigenvalue weighted by Gasteiger charge is 2.18. The lowest BCUT2D eigenvalue weighted by Gasteiger charge is -2.18. The molecule has 2 aromatic rings. The van der Waals surface area contributed by atoms with Crippen molar-refractivity contribution in [3.63, 3.8) is 0 Å². The van der Waals surface area contributed by atoms with Crippen LogP contribution in [0.2, 0.25) is 0 Å². The van der Waals surface area contributed by atoms with Gasteiger partial charge in [0, 0.05) is 0 Å². The van der Waals surface area contributed by atoms with Crippen molar-refractivity contribution in [1.82, 2.24) is 0 Å². The van der Waals surface area contributed by atoms with Crippen LogP contribution in [0.4, 0.5) is 0 Å². The Balaban J connectivity index is 2.58. The smallest absolute Gasteiger partial charge is 0.303 e. The van der Waals surface area contributed by atoms with E-state index in [0.29, 0.717) is 0 Å². The van der Waals surface area contributed by atoms with Crippen LogP contribution in [0.25, 0.3) is 11.1 Å². The van der Waals surface area contributed by atoms with Crippen LogP contribution in [0.3, 0.4) is 0 Å². The van der Waals surface area contributed by atoms with Gasteiger partial charge < -0.3 is 5.53 Å². The SMILES string of the molecule is CCCCCCc1ccc(C(=C(CCCC)C(=C=[N+]=[N-])CCCC)c2ccc(CCCC)cc2)cc1. The summed E-state index contributed by atoms with van der Waals surface area (Å²) < 4.78 is 0. The van der Waals surface area contributed by atoms with Crippen molar-refractivity contribution < 1.29 is 4.79 Å². The zero-order valence-corrected chi connectivity index (χ0v) is 23.4. The largest absolute Gasteiger partial charge is 0.348 e. The summed E-state index contributed by atoms with van der Waals surface area (Å²) >= 11 is 0. The van der Waals surface area contributed by atoms with Gasteiger partial charge in [-0.15, -0.1) is 4.79 Å². The average molecular weight is 485 g/mol. The second-order valence-corrected chi connectivity index (χ2v) is 10.1. The molecule has 2 rings (SSSR count). The van der Waals surface area contributed by atoms with Crippen molar-refractivity contribution in [3.8, 4) is 0 Å². The molecule has 0 aliphatic rings. The van der Waals surface area contributed by atoms with Crippen molar-refractivity contribution in [2.45, 2.75) is 118 Å². The van der Waals surface area contributed by atoms with Crippen LogP contribution < -0.4 is 0 Å². The van der Waals surface area contributed by atoms with Gasteiger partial charge in [0.1, 0.15) is 0 Å². The molecule has 0 saturated carbocycles. The summed E-state index contributed by atoms with van der Waals surface area (Å²) in [6.07, 6.45) is 16.1. The van der Waals surface area contributed by atoms with E-state index in [1.165, 1.54) is 71.9 Å². The van der Waals surface area contributed by atoms with E-state index >= 15 is 0 Å². The molecule has 0 atom stereocenters. The molecule has 2 heteroatoms. The maximum Gasteiger partial charge on any atom is 0.303 e. The van der Waals surface area contributed by atoms with E-state index in [1.807, 2.05) is 0 Å². The number of aryl methyl sites for hydroxylation is 2. The van der Waals surface area contributed by atoms with Crippen LogP contribution in [0, 0.1) is 0 Å². The first kappa shape index (κ1) is 29.6. The van der Waals surface area contributed by atoms with Crippen molar-refractivity contribution in [2.24, 2.45) is 0 Å². The predicted molar refractivity (Wildman–Crippen MR) is 157 cm³/mol. The minimum atomic E-state index is 0.882. The van der Waals surface area contributed by atoms with Gasteiger partial charge in [0.25, 0.3) is 0 Å². The first-order valence-electron chi connectivity index (χ1n) is 14.6. The van der Waals surface area contributed by atoms with Gasteiger partial charge in [-0.3, -0.25) is 0 Å². The topological polar surface area (TPSA) is 36.4 Å².